The molecule has 8 heteroatoms. The summed E-state index contributed by atoms with van der Waals surface area (Å²) in [5, 5.41) is 10.4. The first-order valence-corrected chi connectivity index (χ1v) is 9.29. The molecule has 7 nitrogen and oxygen atoms in total. The molecule has 0 bridgehead atoms. The maximum absolute atomic E-state index is 12.4. The lowest BCUT2D eigenvalue weighted by molar-refractivity contribution is -0.118. The standard InChI is InChI=1S/C19H31ClN4O3/c1-12(2)19(7,11-21-17(26)27-18(4,5)6)22-15(25)10-9-14-13(3)23-24(8)16(14)20/h9-10,12H,11H2,1-8H3,(H,21,26)(H,22,25). The maximum Gasteiger partial charge on any atom is 0.407 e. The third kappa shape index (κ3) is 6.90. The fraction of sp³-hybridized carbons (Fsp3) is 0.632. The number of carbonyl (C=O) groups is 2. The van der Waals surface area contributed by atoms with Gasteiger partial charge in [0.1, 0.15) is 10.8 Å². The summed E-state index contributed by atoms with van der Waals surface area (Å²) in [5.74, 6) is -0.204. The van der Waals surface area contributed by atoms with Crippen LogP contribution >= 0.6 is 11.6 Å². The average molecular weight is 399 g/mol. The lowest BCUT2D eigenvalue weighted by Crippen LogP contribution is -2.56. The summed E-state index contributed by atoms with van der Waals surface area (Å²) < 4.78 is 6.80. The van der Waals surface area contributed by atoms with Crippen molar-refractivity contribution in [2.45, 2.75) is 59.6 Å². The number of halogens is 1. The Labute approximate surface area is 166 Å². The number of rotatable bonds is 6. The number of aromatic nitrogens is 2. The summed E-state index contributed by atoms with van der Waals surface area (Å²) >= 11 is 6.17. The molecule has 0 saturated heterocycles. The number of hydrogen-bond donors (Lipinski definition) is 2. The molecule has 1 rings (SSSR count). The van der Waals surface area contributed by atoms with E-state index in [0.717, 1.165) is 5.69 Å². The van der Waals surface area contributed by atoms with Gasteiger partial charge in [-0.2, -0.15) is 5.10 Å². The fourth-order valence-electron chi connectivity index (χ4n) is 2.28. The highest BCUT2D eigenvalue weighted by Gasteiger charge is 2.31. The smallest absolute Gasteiger partial charge is 0.407 e. The summed E-state index contributed by atoms with van der Waals surface area (Å²) in [6.07, 6.45) is 2.54. The van der Waals surface area contributed by atoms with Crippen LogP contribution in [0.4, 0.5) is 4.79 Å². The minimum Gasteiger partial charge on any atom is -0.444 e. The van der Waals surface area contributed by atoms with Gasteiger partial charge in [0.15, 0.2) is 0 Å². The molecule has 1 unspecified atom stereocenters. The summed E-state index contributed by atoms with van der Waals surface area (Å²) in [6.45, 7) is 13.3. The first kappa shape index (κ1) is 23.0. The van der Waals surface area contributed by atoms with Gasteiger partial charge in [-0.25, -0.2) is 4.79 Å². The van der Waals surface area contributed by atoms with Gasteiger partial charge in [0.05, 0.1) is 11.2 Å². The van der Waals surface area contributed by atoms with Crippen molar-refractivity contribution in [1.29, 1.82) is 0 Å². The van der Waals surface area contributed by atoms with Crippen molar-refractivity contribution >= 4 is 29.7 Å². The van der Waals surface area contributed by atoms with Gasteiger partial charge >= 0.3 is 6.09 Å². The van der Waals surface area contributed by atoms with Crippen LogP contribution in [0, 0.1) is 12.8 Å². The van der Waals surface area contributed by atoms with Crippen LogP contribution < -0.4 is 10.6 Å². The van der Waals surface area contributed by atoms with E-state index in [2.05, 4.69) is 15.7 Å². The van der Waals surface area contributed by atoms with Crippen molar-refractivity contribution < 1.29 is 14.3 Å². The van der Waals surface area contributed by atoms with Crippen molar-refractivity contribution in [3.8, 4) is 0 Å². The topological polar surface area (TPSA) is 85.3 Å². The lowest BCUT2D eigenvalue weighted by atomic mass is 9.88. The predicted molar refractivity (Wildman–Crippen MR) is 108 cm³/mol. The number of alkyl carbamates (subject to hydrolysis) is 1. The molecule has 0 spiro atoms. The van der Waals surface area contributed by atoms with E-state index in [0.29, 0.717) is 10.7 Å². The second-order valence-corrected chi connectivity index (χ2v) is 8.52. The van der Waals surface area contributed by atoms with Crippen molar-refractivity contribution in [3.63, 3.8) is 0 Å². The van der Waals surface area contributed by atoms with Gasteiger partial charge in [-0.05, 0) is 46.6 Å². The van der Waals surface area contributed by atoms with Crippen LogP contribution in [0.5, 0.6) is 0 Å². The van der Waals surface area contributed by atoms with Crippen molar-refractivity contribution in [3.05, 3.63) is 22.5 Å². The molecule has 152 valence electrons. The normalized spacial score (nSPS) is 14.3. The third-order valence-electron chi connectivity index (χ3n) is 4.28. The molecule has 0 aliphatic rings. The zero-order chi connectivity index (χ0) is 21.0. The second-order valence-electron chi connectivity index (χ2n) is 8.16. The molecule has 2 amide bonds. The van der Waals surface area contributed by atoms with Crippen LogP contribution in [0.15, 0.2) is 6.08 Å². The molecule has 1 atom stereocenters. The Hall–Kier alpha value is -2.02. The van der Waals surface area contributed by atoms with Gasteiger partial charge in [0.25, 0.3) is 0 Å². The Morgan fingerprint density at radius 1 is 1.30 bits per heavy atom. The van der Waals surface area contributed by atoms with E-state index in [4.69, 9.17) is 16.3 Å². The highest BCUT2D eigenvalue weighted by molar-refractivity contribution is 6.31. The zero-order valence-corrected chi connectivity index (χ0v) is 18.2. The number of ether oxygens (including phenoxy) is 1. The number of hydrogen-bond acceptors (Lipinski definition) is 4. The SMILES string of the molecule is Cc1nn(C)c(Cl)c1C=CC(=O)NC(C)(CNC(=O)OC(C)(C)C)C(C)C. The Morgan fingerprint density at radius 3 is 2.33 bits per heavy atom. The third-order valence-corrected chi connectivity index (χ3v) is 4.73. The van der Waals surface area contributed by atoms with E-state index in [9.17, 15) is 9.59 Å². The molecule has 2 N–H and O–H groups in total. The molecule has 0 aliphatic carbocycles. The predicted octanol–water partition coefficient (Wildman–Crippen LogP) is 3.45. The van der Waals surface area contributed by atoms with Gasteiger partial charge in [-0.1, -0.05) is 25.4 Å². The summed E-state index contributed by atoms with van der Waals surface area (Å²) in [5.41, 5.74) is 0.217. The highest BCUT2D eigenvalue weighted by atomic mass is 35.5. The minimum atomic E-state index is -0.647. The zero-order valence-electron chi connectivity index (χ0n) is 17.4. The first-order valence-electron chi connectivity index (χ1n) is 8.91. The maximum atomic E-state index is 12.4. The molecule has 0 aromatic carbocycles. The van der Waals surface area contributed by atoms with Crippen LogP contribution in [0.1, 0.15) is 52.8 Å². The minimum absolute atomic E-state index is 0.0773. The first-order chi connectivity index (χ1) is 12.2. The van der Waals surface area contributed by atoms with Crippen LogP contribution in [0.2, 0.25) is 5.15 Å². The van der Waals surface area contributed by atoms with Crippen LogP contribution in [-0.4, -0.2) is 39.5 Å². The molecule has 0 fully saturated rings. The van der Waals surface area contributed by atoms with Crippen LogP contribution in [0.3, 0.4) is 0 Å². The lowest BCUT2D eigenvalue weighted by Gasteiger charge is -2.35. The Balaban J connectivity index is 2.78. The van der Waals surface area contributed by atoms with Gasteiger partial charge < -0.3 is 15.4 Å². The van der Waals surface area contributed by atoms with Crippen molar-refractivity contribution in [2.75, 3.05) is 6.54 Å². The molecule has 0 aliphatic heterocycles. The van der Waals surface area contributed by atoms with E-state index in [1.165, 1.54) is 6.08 Å². The van der Waals surface area contributed by atoms with Crippen molar-refractivity contribution in [1.82, 2.24) is 20.4 Å². The summed E-state index contributed by atoms with van der Waals surface area (Å²) in [6, 6.07) is 0. The van der Waals surface area contributed by atoms with E-state index >= 15 is 0 Å². The van der Waals surface area contributed by atoms with Crippen molar-refractivity contribution in [2.24, 2.45) is 13.0 Å². The fourth-order valence-corrected chi connectivity index (χ4v) is 2.52. The largest absolute Gasteiger partial charge is 0.444 e. The molecule has 0 saturated carbocycles. The van der Waals surface area contributed by atoms with E-state index in [1.807, 2.05) is 27.7 Å². The average Bonchev–Trinajstić information content (AvgIpc) is 2.74. The van der Waals surface area contributed by atoms with E-state index in [-0.39, 0.29) is 18.4 Å². The van der Waals surface area contributed by atoms with Crippen LogP contribution in [-0.2, 0) is 16.6 Å². The number of aryl methyl sites for hydroxylation is 2. The molecule has 1 aromatic rings. The van der Waals surface area contributed by atoms with Gasteiger partial charge in [0, 0.05) is 25.2 Å². The Bertz CT molecular complexity index is 719. The molecule has 27 heavy (non-hydrogen) atoms. The number of carbonyl (C=O) groups excluding carboxylic acids is 2. The highest BCUT2D eigenvalue weighted by Crippen LogP contribution is 2.20. The quantitative estimate of drug-likeness (QED) is 0.718. The number of nitrogens with zero attached hydrogens (tertiary/aromatic N) is 2. The van der Waals surface area contributed by atoms with Gasteiger partial charge in [-0.3, -0.25) is 9.48 Å². The molecule has 1 heterocycles. The van der Waals surface area contributed by atoms with Crippen LogP contribution in [0.25, 0.3) is 6.08 Å². The Morgan fingerprint density at radius 2 is 1.89 bits per heavy atom. The second kappa shape index (κ2) is 8.78. The molecular formula is C19H31ClN4O3. The summed E-state index contributed by atoms with van der Waals surface area (Å²) in [4.78, 5) is 24.3. The monoisotopic (exact) mass is 398 g/mol. The molecular weight excluding hydrogens is 368 g/mol. The van der Waals surface area contributed by atoms with E-state index < -0.39 is 17.2 Å². The number of nitrogens with one attached hydrogen (secondary N) is 2. The van der Waals surface area contributed by atoms with E-state index in [1.54, 1.807) is 38.6 Å². The number of amides is 2. The molecule has 1 aromatic heterocycles. The van der Waals surface area contributed by atoms with Gasteiger partial charge in [-0.15, -0.1) is 0 Å². The summed E-state index contributed by atoms with van der Waals surface area (Å²) in [7, 11) is 1.74. The molecule has 0 radical (unpaired) electrons. The Kier molecular flexibility index (Phi) is 7.48. The van der Waals surface area contributed by atoms with Gasteiger partial charge in [0.2, 0.25) is 5.91 Å².